The van der Waals surface area contributed by atoms with Gasteiger partial charge >= 0.3 is 0 Å². The Bertz CT molecular complexity index is 1320. The van der Waals surface area contributed by atoms with E-state index in [1.807, 2.05) is 42.5 Å². The lowest BCUT2D eigenvalue weighted by Gasteiger charge is -2.07. The molecule has 0 unspecified atom stereocenters. The topological polar surface area (TPSA) is 65.7 Å². The van der Waals surface area contributed by atoms with Gasteiger partial charge in [0.05, 0.1) is 18.8 Å². The number of rotatable bonds is 6. The summed E-state index contributed by atoms with van der Waals surface area (Å²) >= 11 is 1.33. The summed E-state index contributed by atoms with van der Waals surface area (Å²) in [6.07, 6.45) is 6.51. The molecule has 0 saturated carbocycles. The highest BCUT2D eigenvalue weighted by Gasteiger charge is 2.09. The van der Waals surface area contributed by atoms with Crippen LogP contribution in [0.25, 0.3) is 23.2 Å². The first kappa shape index (κ1) is 19.8. The number of nitrogens with zero attached hydrogens (tertiary/aromatic N) is 3. The van der Waals surface area contributed by atoms with Gasteiger partial charge in [0.25, 0.3) is 5.56 Å². The van der Waals surface area contributed by atoms with Gasteiger partial charge in [-0.25, -0.2) is 0 Å². The summed E-state index contributed by atoms with van der Waals surface area (Å²) in [6, 6.07) is 13.8. The Balaban J connectivity index is 1.61. The average molecular weight is 420 g/mol. The summed E-state index contributed by atoms with van der Waals surface area (Å²) in [4.78, 5) is 17.7. The van der Waals surface area contributed by atoms with Crippen LogP contribution < -0.4 is 19.6 Å². The zero-order chi connectivity index (χ0) is 21.1. The van der Waals surface area contributed by atoms with E-state index in [0.29, 0.717) is 26.8 Å². The maximum atomic E-state index is 12.7. The average Bonchev–Trinajstić information content (AvgIpc) is 3.31. The molecular weight excluding hydrogens is 398 g/mol. The van der Waals surface area contributed by atoms with E-state index in [-0.39, 0.29) is 5.56 Å². The quantitative estimate of drug-likeness (QED) is 0.479. The van der Waals surface area contributed by atoms with E-state index >= 15 is 0 Å². The summed E-state index contributed by atoms with van der Waals surface area (Å²) in [5.74, 6) is 1.79. The third-order valence-corrected chi connectivity index (χ3v) is 5.68. The van der Waals surface area contributed by atoms with Crippen molar-refractivity contribution >= 4 is 34.5 Å². The molecule has 30 heavy (non-hydrogen) atoms. The zero-order valence-electron chi connectivity index (χ0n) is 17.0. The molecule has 6 nitrogen and oxygen atoms in total. The van der Waals surface area contributed by atoms with E-state index in [9.17, 15) is 4.79 Å². The number of aromatic nitrogens is 3. The minimum Gasteiger partial charge on any atom is -0.493 e. The molecule has 0 spiro atoms. The van der Waals surface area contributed by atoms with Gasteiger partial charge in [0, 0.05) is 0 Å². The first-order valence-corrected chi connectivity index (χ1v) is 10.3. The van der Waals surface area contributed by atoms with Crippen LogP contribution >= 0.6 is 11.3 Å². The SMILES string of the molecule is CCc1ccc(/C=c2\sc3nc(/C=C/c4ccc(OC)c(OC)c4)nn3c2=O)cc1. The van der Waals surface area contributed by atoms with Crippen LogP contribution in [0.4, 0.5) is 0 Å². The van der Waals surface area contributed by atoms with Crippen molar-refractivity contribution in [3.05, 3.63) is 79.9 Å². The maximum absolute atomic E-state index is 12.7. The second-order valence-electron chi connectivity index (χ2n) is 6.62. The highest BCUT2D eigenvalue weighted by Crippen LogP contribution is 2.28. The molecule has 2 aromatic heterocycles. The third kappa shape index (κ3) is 3.97. The Morgan fingerprint density at radius 3 is 2.40 bits per heavy atom. The van der Waals surface area contributed by atoms with E-state index in [4.69, 9.17) is 9.47 Å². The minimum absolute atomic E-state index is 0.159. The van der Waals surface area contributed by atoms with Gasteiger partial charge < -0.3 is 9.47 Å². The summed E-state index contributed by atoms with van der Waals surface area (Å²) < 4.78 is 12.5. The number of thiazole rings is 1. The number of aryl methyl sites for hydroxylation is 1. The smallest absolute Gasteiger partial charge is 0.291 e. The standard InChI is InChI=1S/C23H21N3O3S/c1-4-15-5-7-17(8-6-15)14-20-22(27)26-23(30-20)24-21(25-26)12-10-16-9-11-18(28-2)19(13-16)29-3/h5-14H,4H2,1-3H3/b12-10+,20-14-. The van der Waals surface area contributed by atoms with Crippen molar-refractivity contribution in [3.63, 3.8) is 0 Å². The minimum atomic E-state index is -0.159. The van der Waals surface area contributed by atoms with Gasteiger partial charge in [0.15, 0.2) is 17.3 Å². The lowest BCUT2D eigenvalue weighted by atomic mass is 10.1. The van der Waals surface area contributed by atoms with Gasteiger partial charge in [0.1, 0.15) is 0 Å². The Hall–Kier alpha value is -3.45. The van der Waals surface area contributed by atoms with Crippen molar-refractivity contribution in [3.8, 4) is 11.5 Å². The first-order chi connectivity index (χ1) is 14.6. The Morgan fingerprint density at radius 2 is 1.73 bits per heavy atom. The van der Waals surface area contributed by atoms with Crippen LogP contribution in [0.2, 0.25) is 0 Å². The van der Waals surface area contributed by atoms with Gasteiger partial charge in [0.2, 0.25) is 4.96 Å². The van der Waals surface area contributed by atoms with Crippen molar-refractivity contribution in [2.75, 3.05) is 14.2 Å². The van der Waals surface area contributed by atoms with Crippen LogP contribution in [-0.2, 0) is 6.42 Å². The number of hydrogen-bond donors (Lipinski definition) is 0. The molecule has 0 bridgehead atoms. The van der Waals surface area contributed by atoms with Gasteiger partial charge in [-0.3, -0.25) is 4.79 Å². The molecule has 4 rings (SSSR count). The van der Waals surface area contributed by atoms with E-state index in [1.165, 1.54) is 21.4 Å². The molecule has 2 aromatic carbocycles. The van der Waals surface area contributed by atoms with Crippen LogP contribution in [0.15, 0.2) is 47.3 Å². The summed E-state index contributed by atoms with van der Waals surface area (Å²) in [7, 11) is 3.19. The highest BCUT2D eigenvalue weighted by molar-refractivity contribution is 7.15. The number of ether oxygens (including phenoxy) is 2. The molecular formula is C23H21N3O3S. The largest absolute Gasteiger partial charge is 0.493 e. The third-order valence-electron chi connectivity index (χ3n) is 4.72. The molecule has 0 aliphatic rings. The van der Waals surface area contributed by atoms with Crippen LogP contribution in [0.3, 0.4) is 0 Å². The van der Waals surface area contributed by atoms with E-state index in [0.717, 1.165) is 17.5 Å². The maximum Gasteiger partial charge on any atom is 0.291 e. The normalized spacial score (nSPS) is 12.2. The molecule has 0 radical (unpaired) electrons. The van der Waals surface area contributed by atoms with E-state index < -0.39 is 0 Å². The lowest BCUT2D eigenvalue weighted by Crippen LogP contribution is -2.23. The number of fused-ring (bicyclic) bond motifs is 1. The van der Waals surface area contributed by atoms with Crippen LogP contribution in [0.5, 0.6) is 11.5 Å². The molecule has 0 amide bonds. The Labute approximate surface area is 177 Å². The summed E-state index contributed by atoms with van der Waals surface area (Å²) in [6.45, 7) is 2.12. The van der Waals surface area contributed by atoms with Crippen molar-refractivity contribution in [2.45, 2.75) is 13.3 Å². The molecule has 0 N–H and O–H groups in total. The summed E-state index contributed by atoms with van der Waals surface area (Å²) in [5, 5.41) is 4.33. The Morgan fingerprint density at radius 1 is 1.00 bits per heavy atom. The molecule has 2 heterocycles. The molecule has 0 atom stereocenters. The molecule has 152 valence electrons. The van der Waals surface area contributed by atoms with Gasteiger partial charge in [-0.1, -0.05) is 54.7 Å². The van der Waals surface area contributed by atoms with E-state index in [1.54, 1.807) is 20.3 Å². The van der Waals surface area contributed by atoms with Crippen LogP contribution in [0.1, 0.15) is 29.4 Å². The Kier molecular flexibility index (Phi) is 5.63. The van der Waals surface area contributed by atoms with Crippen LogP contribution in [0, 0.1) is 0 Å². The fourth-order valence-electron chi connectivity index (χ4n) is 3.05. The molecule has 4 aromatic rings. The predicted molar refractivity (Wildman–Crippen MR) is 120 cm³/mol. The molecule has 7 heteroatoms. The fraction of sp³-hybridized carbons (Fsp3) is 0.174. The molecule has 0 saturated heterocycles. The second kappa shape index (κ2) is 8.51. The van der Waals surface area contributed by atoms with Crippen LogP contribution in [-0.4, -0.2) is 28.8 Å². The van der Waals surface area contributed by atoms with Crippen molar-refractivity contribution in [2.24, 2.45) is 0 Å². The fourth-order valence-corrected chi connectivity index (χ4v) is 3.96. The number of hydrogen-bond acceptors (Lipinski definition) is 6. The van der Waals surface area contributed by atoms with Gasteiger partial charge in [-0.05, 0) is 47.4 Å². The summed E-state index contributed by atoms with van der Waals surface area (Å²) in [5.41, 5.74) is 3.01. The number of methoxy groups -OCH3 is 2. The highest BCUT2D eigenvalue weighted by atomic mass is 32.1. The van der Waals surface area contributed by atoms with E-state index in [2.05, 4.69) is 29.1 Å². The lowest BCUT2D eigenvalue weighted by molar-refractivity contribution is 0.355. The monoisotopic (exact) mass is 419 g/mol. The first-order valence-electron chi connectivity index (χ1n) is 9.51. The molecule has 0 aliphatic carbocycles. The second-order valence-corrected chi connectivity index (χ2v) is 7.63. The van der Waals surface area contributed by atoms with Crippen molar-refractivity contribution in [1.82, 2.24) is 14.6 Å². The van der Waals surface area contributed by atoms with Crippen molar-refractivity contribution in [1.29, 1.82) is 0 Å². The van der Waals surface area contributed by atoms with Crippen molar-refractivity contribution < 1.29 is 9.47 Å². The molecule has 0 fully saturated rings. The number of benzene rings is 2. The van der Waals surface area contributed by atoms with Gasteiger partial charge in [-0.2, -0.15) is 9.50 Å². The van der Waals surface area contributed by atoms with Gasteiger partial charge in [-0.15, -0.1) is 5.10 Å². The molecule has 0 aliphatic heterocycles. The zero-order valence-corrected chi connectivity index (χ0v) is 17.8. The predicted octanol–water partition coefficient (Wildman–Crippen LogP) is 3.45.